The molecule has 7 heteroatoms. The number of hydrogen-bond donors (Lipinski definition) is 2. The van der Waals surface area contributed by atoms with Gasteiger partial charge in [0.15, 0.2) is 0 Å². The van der Waals surface area contributed by atoms with Crippen LogP contribution in [0.15, 0.2) is 41.1 Å². The van der Waals surface area contributed by atoms with Gasteiger partial charge < -0.3 is 10.4 Å². The molecule has 35 heavy (non-hydrogen) atoms. The zero-order valence-electron chi connectivity index (χ0n) is 20.8. The van der Waals surface area contributed by atoms with E-state index in [0.717, 1.165) is 77.6 Å². The van der Waals surface area contributed by atoms with E-state index in [0.29, 0.717) is 11.7 Å². The molecule has 2 aliphatic rings. The number of aromatic hydroxyl groups is 1. The Balaban J connectivity index is 1.47. The van der Waals surface area contributed by atoms with Crippen molar-refractivity contribution in [3.8, 4) is 5.75 Å². The summed E-state index contributed by atoms with van der Waals surface area (Å²) in [4.78, 5) is 14.1. The Morgan fingerprint density at radius 1 is 0.971 bits per heavy atom. The number of rotatable bonds is 6. The quantitative estimate of drug-likeness (QED) is 0.359. The maximum atomic E-state index is 11.4. The molecule has 2 fully saturated rings. The predicted octanol–water partition coefficient (Wildman–Crippen LogP) is 6.31. The third kappa shape index (κ3) is 5.96. The number of piperidine rings is 2. The second kappa shape index (κ2) is 10.8. The van der Waals surface area contributed by atoms with Crippen molar-refractivity contribution >= 4 is 38.3 Å². The number of nitrogens with zero attached hydrogens (tertiary/aromatic N) is 4. The van der Waals surface area contributed by atoms with Gasteiger partial charge in [-0.3, -0.25) is 19.8 Å². The van der Waals surface area contributed by atoms with Crippen LogP contribution in [0.3, 0.4) is 0 Å². The van der Waals surface area contributed by atoms with Gasteiger partial charge >= 0.3 is 0 Å². The van der Waals surface area contributed by atoms with Crippen LogP contribution in [0.25, 0.3) is 11.0 Å². The van der Waals surface area contributed by atoms with E-state index in [4.69, 9.17) is 0 Å². The van der Waals surface area contributed by atoms with Crippen LogP contribution in [0.5, 0.6) is 5.75 Å². The van der Waals surface area contributed by atoms with Gasteiger partial charge in [-0.1, -0.05) is 13.8 Å². The SMILES string of the molecule is CC1CCCN(Cc2cc(CN3CCCC(C)C3)c(O)c(Nc3ccnc4cc(Br)cnc34)c2)C1. The summed E-state index contributed by atoms with van der Waals surface area (Å²) in [5, 5.41) is 14.9. The average molecular weight is 539 g/mol. The molecule has 0 aliphatic carbocycles. The first-order valence-corrected chi connectivity index (χ1v) is 13.7. The molecular weight excluding hydrogens is 502 g/mol. The smallest absolute Gasteiger partial charge is 0.143 e. The average Bonchev–Trinajstić information content (AvgIpc) is 2.82. The second-order valence-corrected chi connectivity index (χ2v) is 11.5. The van der Waals surface area contributed by atoms with E-state index >= 15 is 0 Å². The van der Waals surface area contributed by atoms with Crippen LogP contribution >= 0.6 is 15.9 Å². The minimum Gasteiger partial charge on any atom is -0.505 e. The van der Waals surface area contributed by atoms with Crippen LogP contribution in [0.1, 0.15) is 50.7 Å². The Labute approximate surface area is 216 Å². The van der Waals surface area contributed by atoms with Gasteiger partial charge in [-0.2, -0.15) is 0 Å². The largest absolute Gasteiger partial charge is 0.505 e. The van der Waals surface area contributed by atoms with Crippen molar-refractivity contribution < 1.29 is 5.11 Å². The lowest BCUT2D eigenvalue weighted by molar-refractivity contribution is 0.173. The van der Waals surface area contributed by atoms with E-state index in [1.807, 2.05) is 12.1 Å². The first-order chi connectivity index (χ1) is 16.9. The molecule has 2 unspecified atom stereocenters. The van der Waals surface area contributed by atoms with Gasteiger partial charge in [0, 0.05) is 48.6 Å². The summed E-state index contributed by atoms with van der Waals surface area (Å²) in [5.74, 6) is 1.78. The number of benzene rings is 1. The number of phenols is 1. The molecule has 2 aromatic heterocycles. The fourth-order valence-corrected chi connectivity index (χ4v) is 6.00. The topological polar surface area (TPSA) is 64.5 Å². The molecule has 2 saturated heterocycles. The van der Waals surface area contributed by atoms with Gasteiger partial charge in [0.2, 0.25) is 0 Å². The van der Waals surface area contributed by atoms with Gasteiger partial charge in [-0.15, -0.1) is 0 Å². The first-order valence-electron chi connectivity index (χ1n) is 12.9. The van der Waals surface area contributed by atoms with Crippen LogP contribution in [0, 0.1) is 11.8 Å². The summed E-state index contributed by atoms with van der Waals surface area (Å²) in [6, 6.07) is 8.22. The molecule has 0 saturated carbocycles. The number of nitrogens with one attached hydrogen (secondary N) is 1. The van der Waals surface area contributed by atoms with Gasteiger partial charge in [0.1, 0.15) is 11.3 Å². The molecule has 5 rings (SSSR count). The standard InChI is InChI=1S/C28H36BrN5O/c1-19-5-3-9-33(15-19)17-21-11-22(18-34-10-4-6-20(2)16-34)28(35)26(12-21)32-24-7-8-30-25-13-23(29)14-31-27(24)25/h7-8,11-14,19-20,35H,3-6,9-10,15-18H2,1-2H3,(H,30,32). The van der Waals surface area contributed by atoms with Gasteiger partial charge in [0.05, 0.1) is 16.9 Å². The molecule has 0 radical (unpaired) electrons. The molecule has 0 amide bonds. The van der Waals surface area contributed by atoms with Crippen LogP contribution < -0.4 is 5.32 Å². The number of hydrogen-bond acceptors (Lipinski definition) is 6. The number of anilines is 2. The lowest BCUT2D eigenvalue weighted by Gasteiger charge is -2.32. The van der Waals surface area contributed by atoms with Crippen LogP contribution in [0.2, 0.25) is 0 Å². The Kier molecular flexibility index (Phi) is 7.56. The Bertz CT molecular complexity index is 1190. The third-order valence-corrected chi connectivity index (χ3v) is 7.78. The summed E-state index contributed by atoms with van der Waals surface area (Å²) >= 11 is 3.48. The number of aromatic nitrogens is 2. The van der Waals surface area contributed by atoms with Crippen molar-refractivity contribution in [1.29, 1.82) is 0 Å². The highest BCUT2D eigenvalue weighted by Gasteiger charge is 2.21. The molecule has 6 nitrogen and oxygen atoms in total. The molecule has 0 bridgehead atoms. The maximum Gasteiger partial charge on any atom is 0.143 e. The summed E-state index contributed by atoms with van der Waals surface area (Å²) in [7, 11) is 0. The predicted molar refractivity (Wildman–Crippen MR) is 146 cm³/mol. The zero-order chi connectivity index (χ0) is 24.4. The fourth-order valence-electron chi connectivity index (χ4n) is 5.68. The maximum absolute atomic E-state index is 11.4. The third-order valence-electron chi connectivity index (χ3n) is 7.34. The molecule has 3 aromatic rings. The molecule has 0 spiro atoms. The van der Waals surface area contributed by atoms with Crippen molar-refractivity contribution in [2.45, 2.75) is 52.6 Å². The monoisotopic (exact) mass is 537 g/mol. The Hall–Kier alpha value is -2.22. The lowest BCUT2D eigenvalue weighted by Crippen LogP contribution is -2.34. The highest BCUT2D eigenvalue weighted by atomic mass is 79.9. The van der Waals surface area contributed by atoms with E-state index in [1.165, 1.54) is 31.2 Å². The fraction of sp³-hybridized carbons (Fsp3) is 0.500. The number of fused-ring (bicyclic) bond motifs is 1. The molecular formula is C28H36BrN5O. The normalized spacial score (nSPS) is 21.9. The van der Waals surface area contributed by atoms with E-state index in [-0.39, 0.29) is 0 Å². The van der Waals surface area contributed by atoms with Crippen molar-refractivity contribution in [2.24, 2.45) is 11.8 Å². The van der Waals surface area contributed by atoms with Gasteiger partial charge in [0.25, 0.3) is 0 Å². The summed E-state index contributed by atoms with van der Waals surface area (Å²) < 4.78 is 0.897. The lowest BCUT2D eigenvalue weighted by atomic mass is 9.98. The van der Waals surface area contributed by atoms with E-state index in [1.54, 1.807) is 12.4 Å². The van der Waals surface area contributed by atoms with Crippen LogP contribution in [0.4, 0.5) is 11.4 Å². The minimum atomic E-state index is 0.334. The highest BCUT2D eigenvalue weighted by molar-refractivity contribution is 9.10. The number of phenolic OH excluding ortho intramolecular Hbond substituents is 1. The summed E-state index contributed by atoms with van der Waals surface area (Å²) in [5.41, 5.74) is 5.43. The van der Waals surface area contributed by atoms with Crippen LogP contribution in [-0.4, -0.2) is 51.1 Å². The zero-order valence-corrected chi connectivity index (χ0v) is 22.4. The summed E-state index contributed by atoms with van der Waals surface area (Å²) in [6.45, 7) is 10.8. The Morgan fingerprint density at radius 2 is 1.69 bits per heavy atom. The van der Waals surface area contributed by atoms with Gasteiger partial charge in [-0.05, 0) is 96.4 Å². The van der Waals surface area contributed by atoms with E-state index in [9.17, 15) is 5.11 Å². The number of halogens is 1. The molecule has 186 valence electrons. The van der Waals surface area contributed by atoms with E-state index < -0.39 is 0 Å². The summed E-state index contributed by atoms with van der Waals surface area (Å²) in [6.07, 6.45) is 8.66. The highest BCUT2D eigenvalue weighted by Crippen LogP contribution is 2.36. The Morgan fingerprint density at radius 3 is 2.40 bits per heavy atom. The molecule has 1 aromatic carbocycles. The molecule has 2 aliphatic heterocycles. The minimum absolute atomic E-state index is 0.334. The molecule has 2 atom stereocenters. The first kappa shape index (κ1) is 24.5. The van der Waals surface area contributed by atoms with Gasteiger partial charge in [-0.25, -0.2) is 0 Å². The van der Waals surface area contributed by atoms with Crippen LogP contribution in [-0.2, 0) is 13.1 Å². The van der Waals surface area contributed by atoms with Crippen molar-refractivity contribution in [3.05, 3.63) is 52.3 Å². The van der Waals surface area contributed by atoms with E-state index in [2.05, 4.69) is 67.0 Å². The molecule has 2 N–H and O–H groups in total. The molecule has 4 heterocycles. The van der Waals surface area contributed by atoms with Crippen molar-refractivity contribution in [2.75, 3.05) is 31.5 Å². The second-order valence-electron chi connectivity index (χ2n) is 10.6. The number of likely N-dealkylation sites (tertiary alicyclic amines) is 2. The van der Waals surface area contributed by atoms with Crippen molar-refractivity contribution in [3.63, 3.8) is 0 Å². The number of pyridine rings is 2. The van der Waals surface area contributed by atoms with Crippen molar-refractivity contribution in [1.82, 2.24) is 19.8 Å².